The molecule has 26 heavy (non-hydrogen) atoms. The fourth-order valence-electron chi connectivity index (χ4n) is 2.50. The number of carbonyl (C=O) groups is 1. The van der Waals surface area contributed by atoms with E-state index in [1.807, 2.05) is 48.3 Å². The second-order valence-corrected chi connectivity index (χ2v) is 6.68. The molecule has 0 radical (unpaired) electrons. The number of likely N-dealkylation sites (N-methyl/N-ethyl adjacent to an activating group) is 1. The molecule has 0 bridgehead atoms. The van der Waals surface area contributed by atoms with Crippen LogP contribution < -0.4 is 5.32 Å². The van der Waals surface area contributed by atoms with Gasteiger partial charge >= 0.3 is 0 Å². The number of aromatic nitrogens is 1. The van der Waals surface area contributed by atoms with Gasteiger partial charge in [0, 0.05) is 11.6 Å². The Morgan fingerprint density at radius 2 is 1.81 bits per heavy atom. The number of hydrogen-bond donors (Lipinski definition) is 1. The number of amides is 1. The van der Waals surface area contributed by atoms with E-state index in [9.17, 15) is 4.79 Å². The predicted octanol–water partition coefficient (Wildman–Crippen LogP) is 4.72. The molecule has 0 aliphatic heterocycles. The predicted molar refractivity (Wildman–Crippen MR) is 103 cm³/mol. The summed E-state index contributed by atoms with van der Waals surface area (Å²) >= 11 is 12.1. The highest BCUT2D eigenvalue weighted by molar-refractivity contribution is 6.39. The zero-order chi connectivity index (χ0) is 18.5. The third-order valence-electron chi connectivity index (χ3n) is 3.69. The summed E-state index contributed by atoms with van der Waals surface area (Å²) in [5.41, 5.74) is 2.16. The van der Waals surface area contributed by atoms with Gasteiger partial charge < -0.3 is 9.84 Å². The number of carbonyl (C=O) groups excluding carboxylic acids is 1. The lowest BCUT2D eigenvalue weighted by molar-refractivity contribution is -0.117. The van der Waals surface area contributed by atoms with E-state index in [-0.39, 0.29) is 12.5 Å². The van der Waals surface area contributed by atoms with Gasteiger partial charge in [0.1, 0.15) is 5.69 Å². The molecule has 0 spiro atoms. The van der Waals surface area contributed by atoms with E-state index >= 15 is 0 Å². The van der Waals surface area contributed by atoms with Crippen molar-refractivity contribution in [1.82, 2.24) is 10.1 Å². The number of hydrogen-bond acceptors (Lipinski definition) is 4. The minimum absolute atomic E-state index is 0.156. The van der Waals surface area contributed by atoms with E-state index in [0.29, 0.717) is 28.0 Å². The lowest BCUT2D eigenvalue weighted by atomic mass is 10.1. The smallest absolute Gasteiger partial charge is 0.238 e. The van der Waals surface area contributed by atoms with Gasteiger partial charge in [-0.05, 0) is 19.2 Å². The van der Waals surface area contributed by atoms with Gasteiger partial charge in [-0.1, -0.05) is 64.8 Å². The molecule has 0 saturated heterocycles. The molecule has 134 valence electrons. The molecule has 3 aromatic rings. The standard InChI is InChI=1S/C19H17Cl2N3O2/c1-24(12-18(25)22-19-15(20)8-5-9-16(19)21)11-14-10-17(23-26-14)13-6-3-2-4-7-13/h2-10H,11-12H2,1H3,(H,22,25). The van der Waals surface area contributed by atoms with Gasteiger partial charge in [0.2, 0.25) is 5.91 Å². The van der Waals surface area contributed by atoms with Crippen molar-refractivity contribution in [3.8, 4) is 11.3 Å². The fraction of sp³-hybridized carbons (Fsp3) is 0.158. The number of nitrogens with one attached hydrogen (secondary N) is 1. The number of rotatable bonds is 6. The van der Waals surface area contributed by atoms with Crippen molar-refractivity contribution in [2.24, 2.45) is 0 Å². The van der Waals surface area contributed by atoms with Crippen LogP contribution in [0.2, 0.25) is 10.0 Å². The zero-order valence-corrected chi connectivity index (χ0v) is 15.6. The highest BCUT2D eigenvalue weighted by Crippen LogP contribution is 2.29. The maximum atomic E-state index is 12.2. The first-order chi connectivity index (χ1) is 12.5. The average Bonchev–Trinajstić information content (AvgIpc) is 3.07. The van der Waals surface area contributed by atoms with E-state index < -0.39 is 0 Å². The third-order valence-corrected chi connectivity index (χ3v) is 4.32. The Morgan fingerprint density at radius 1 is 1.12 bits per heavy atom. The highest BCUT2D eigenvalue weighted by atomic mass is 35.5. The molecule has 0 aliphatic rings. The van der Waals surface area contributed by atoms with Crippen molar-refractivity contribution >= 4 is 34.8 Å². The van der Waals surface area contributed by atoms with Gasteiger partial charge in [-0.2, -0.15) is 0 Å². The maximum Gasteiger partial charge on any atom is 0.238 e. The van der Waals surface area contributed by atoms with Crippen LogP contribution in [0.5, 0.6) is 0 Å². The zero-order valence-electron chi connectivity index (χ0n) is 14.1. The third kappa shape index (κ3) is 4.64. The van der Waals surface area contributed by atoms with Crippen molar-refractivity contribution in [2.45, 2.75) is 6.54 Å². The monoisotopic (exact) mass is 389 g/mol. The van der Waals surface area contributed by atoms with Crippen LogP contribution in [-0.4, -0.2) is 29.6 Å². The number of anilines is 1. The van der Waals surface area contributed by atoms with Crippen LogP contribution in [0.1, 0.15) is 5.76 Å². The second-order valence-electron chi connectivity index (χ2n) is 5.86. The summed E-state index contributed by atoms with van der Waals surface area (Å²) in [6, 6.07) is 16.7. The molecule has 3 rings (SSSR count). The molecule has 2 aromatic carbocycles. The SMILES string of the molecule is CN(CC(=O)Nc1c(Cl)cccc1Cl)Cc1cc(-c2ccccc2)no1. The first-order valence-electron chi connectivity index (χ1n) is 7.96. The minimum atomic E-state index is -0.217. The molecule has 7 heteroatoms. The van der Waals surface area contributed by atoms with Crippen molar-refractivity contribution in [1.29, 1.82) is 0 Å². The Morgan fingerprint density at radius 3 is 2.50 bits per heavy atom. The molecule has 5 nitrogen and oxygen atoms in total. The van der Waals surface area contributed by atoms with E-state index in [1.165, 1.54) is 0 Å². The second kappa shape index (κ2) is 8.36. The molecular weight excluding hydrogens is 373 g/mol. The Bertz CT molecular complexity index is 877. The van der Waals surface area contributed by atoms with Gasteiger partial charge in [0.05, 0.1) is 28.8 Å². The molecule has 0 saturated carbocycles. The minimum Gasteiger partial charge on any atom is -0.359 e. The van der Waals surface area contributed by atoms with Gasteiger partial charge in [-0.25, -0.2) is 0 Å². The number of benzene rings is 2. The van der Waals surface area contributed by atoms with Crippen LogP contribution in [0, 0.1) is 0 Å². The Labute approximate surface area is 161 Å². The van der Waals surface area contributed by atoms with Crippen molar-refractivity contribution in [3.05, 3.63) is 70.4 Å². The van der Waals surface area contributed by atoms with E-state index in [4.69, 9.17) is 27.7 Å². The first-order valence-corrected chi connectivity index (χ1v) is 8.72. The van der Waals surface area contributed by atoms with E-state index in [1.54, 1.807) is 18.2 Å². The lowest BCUT2D eigenvalue weighted by Crippen LogP contribution is -2.29. The van der Waals surface area contributed by atoms with Crippen LogP contribution in [0.3, 0.4) is 0 Å². The Balaban J connectivity index is 1.58. The molecule has 0 fully saturated rings. The van der Waals surface area contributed by atoms with Crippen molar-refractivity contribution in [3.63, 3.8) is 0 Å². The molecule has 0 atom stereocenters. The summed E-state index contributed by atoms with van der Waals surface area (Å²) in [6.07, 6.45) is 0. The number of halogens is 2. The van der Waals surface area contributed by atoms with Gasteiger partial charge in [-0.3, -0.25) is 9.69 Å². The Kier molecular flexibility index (Phi) is 5.93. The summed E-state index contributed by atoms with van der Waals surface area (Å²) in [5.74, 6) is 0.459. The summed E-state index contributed by atoms with van der Waals surface area (Å²) in [6.45, 7) is 0.604. The van der Waals surface area contributed by atoms with Crippen molar-refractivity contribution < 1.29 is 9.32 Å². The van der Waals surface area contributed by atoms with Crippen LogP contribution in [0.4, 0.5) is 5.69 Å². The van der Waals surface area contributed by atoms with Crippen LogP contribution in [0.15, 0.2) is 59.1 Å². The summed E-state index contributed by atoms with van der Waals surface area (Å²) in [4.78, 5) is 14.0. The van der Waals surface area contributed by atoms with Gasteiger partial charge in [0.25, 0.3) is 0 Å². The summed E-state index contributed by atoms with van der Waals surface area (Å²) < 4.78 is 5.36. The number of nitrogens with zero attached hydrogens (tertiary/aromatic N) is 2. The molecule has 1 aromatic heterocycles. The quantitative estimate of drug-likeness (QED) is 0.662. The van der Waals surface area contributed by atoms with Crippen LogP contribution in [-0.2, 0) is 11.3 Å². The first kappa shape index (κ1) is 18.5. The van der Waals surface area contributed by atoms with Gasteiger partial charge in [-0.15, -0.1) is 0 Å². The van der Waals surface area contributed by atoms with Crippen LogP contribution in [0.25, 0.3) is 11.3 Å². The number of para-hydroxylation sites is 1. The maximum absolute atomic E-state index is 12.2. The van der Waals surface area contributed by atoms with Crippen LogP contribution >= 0.6 is 23.2 Å². The molecular formula is C19H17Cl2N3O2. The average molecular weight is 390 g/mol. The Hall–Kier alpha value is -2.34. The van der Waals surface area contributed by atoms with E-state index in [2.05, 4.69) is 10.5 Å². The highest BCUT2D eigenvalue weighted by Gasteiger charge is 2.14. The molecule has 0 unspecified atom stereocenters. The topological polar surface area (TPSA) is 58.4 Å². The molecule has 1 amide bonds. The fourth-order valence-corrected chi connectivity index (χ4v) is 2.99. The normalized spacial score (nSPS) is 10.9. The lowest BCUT2D eigenvalue weighted by Gasteiger charge is -2.15. The van der Waals surface area contributed by atoms with Gasteiger partial charge in [0.15, 0.2) is 5.76 Å². The van der Waals surface area contributed by atoms with Crippen molar-refractivity contribution in [2.75, 3.05) is 18.9 Å². The summed E-state index contributed by atoms with van der Waals surface area (Å²) in [5, 5.41) is 7.61. The molecule has 1 N–H and O–H groups in total. The summed E-state index contributed by atoms with van der Waals surface area (Å²) in [7, 11) is 1.82. The largest absolute Gasteiger partial charge is 0.359 e. The molecule has 1 heterocycles. The molecule has 0 aliphatic carbocycles. The van der Waals surface area contributed by atoms with E-state index in [0.717, 1.165) is 11.3 Å².